The molecule has 1 aromatic carbocycles. The first-order valence-corrected chi connectivity index (χ1v) is 8.91. The van der Waals surface area contributed by atoms with Gasteiger partial charge in [-0.2, -0.15) is 0 Å². The lowest BCUT2D eigenvalue weighted by molar-refractivity contribution is 0.581. The van der Waals surface area contributed by atoms with Gasteiger partial charge in [0.25, 0.3) is 0 Å². The fourth-order valence-corrected chi connectivity index (χ4v) is 3.72. The topological polar surface area (TPSA) is 72.0 Å². The van der Waals surface area contributed by atoms with E-state index in [2.05, 4.69) is 14.7 Å². The quantitative estimate of drug-likeness (QED) is 0.780. The van der Waals surface area contributed by atoms with Crippen LogP contribution in [-0.2, 0) is 16.6 Å². The number of benzene rings is 1. The van der Waals surface area contributed by atoms with Gasteiger partial charge in [-0.15, -0.1) is 11.3 Å². The van der Waals surface area contributed by atoms with Gasteiger partial charge in [0.1, 0.15) is 5.01 Å². The third-order valence-electron chi connectivity index (χ3n) is 2.98. The molecule has 112 valence electrons. The van der Waals surface area contributed by atoms with Gasteiger partial charge in [0.15, 0.2) is 0 Å². The summed E-state index contributed by atoms with van der Waals surface area (Å²) < 4.78 is 26.8. The van der Waals surface area contributed by atoms with Gasteiger partial charge in [-0.25, -0.2) is 18.1 Å². The molecule has 2 aromatic heterocycles. The summed E-state index contributed by atoms with van der Waals surface area (Å²) in [6.07, 6.45) is 3.43. The van der Waals surface area contributed by atoms with E-state index in [1.54, 1.807) is 42.7 Å². The van der Waals surface area contributed by atoms with Gasteiger partial charge in [-0.3, -0.25) is 4.98 Å². The third-order valence-corrected chi connectivity index (χ3v) is 5.24. The highest BCUT2D eigenvalue weighted by Gasteiger charge is 2.14. The molecule has 2 heterocycles. The number of hydrogen-bond acceptors (Lipinski definition) is 5. The first-order valence-electron chi connectivity index (χ1n) is 6.55. The molecule has 3 rings (SSSR count). The molecule has 1 N–H and O–H groups in total. The maximum Gasteiger partial charge on any atom is 0.240 e. The molecule has 7 heteroatoms. The molecule has 0 unspecified atom stereocenters. The lowest BCUT2D eigenvalue weighted by atomic mass is 10.2. The molecule has 0 aliphatic rings. The molecule has 0 saturated carbocycles. The monoisotopic (exact) mass is 331 g/mol. The van der Waals surface area contributed by atoms with E-state index in [0.717, 1.165) is 11.3 Å². The predicted octanol–water partition coefficient (Wildman–Crippen LogP) is 2.68. The second-order valence-electron chi connectivity index (χ2n) is 4.51. The van der Waals surface area contributed by atoms with Crippen molar-refractivity contribution >= 4 is 21.4 Å². The maximum atomic E-state index is 12.1. The summed E-state index contributed by atoms with van der Waals surface area (Å²) in [6, 6.07) is 12.0. The van der Waals surface area contributed by atoms with Gasteiger partial charge < -0.3 is 0 Å². The number of pyridine rings is 1. The van der Waals surface area contributed by atoms with E-state index in [4.69, 9.17) is 0 Å². The molecule has 0 spiro atoms. The van der Waals surface area contributed by atoms with Gasteiger partial charge in [0.05, 0.1) is 17.1 Å². The molecule has 0 fully saturated rings. The van der Waals surface area contributed by atoms with Crippen LogP contribution in [0.15, 0.2) is 65.1 Å². The third kappa shape index (κ3) is 3.38. The molecule has 3 aromatic rings. The molecule has 22 heavy (non-hydrogen) atoms. The first kappa shape index (κ1) is 14.8. The number of thiazole rings is 1. The second kappa shape index (κ2) is 6.35. The SMILES string of the molecule is O=S(=O)(NCc1nc(-c2cccnc2)cs1)c1ccccc1. The summed E-state index contributed by atoms with van der Waals surface area (Å²) in [5.74, 6) is 0. The number of hydrogen-bond donors (Lipinski definition) is 1. The Bertz CT molecular complexity index is 847. The van der Waals surface area contributed by atoms with Crippen LogP contribution in [-0.4, -0.2) is 18.4 Å². The van der Waals surface area contributed by atoms with Gasteiger partial charge >= 0.3 is 0 Å². The largest absolute Gasteiger partial charge is 0.264 e. The van der Waals surface area contributed by atoms with Crippen molar-refractivity contribution in [3.05, 3.63) is 65.2 Å². The fourth-order valence-electron chi connectivity index (χ4n) is 1.88. The van der Waals surface area contributed by atoms with Crippen molar-refractivity contribution in [1.29, 1.82) is 0 Å². The Balaban J connectivity index is 1.72. The lowest BCUT2D eigenvalue weighted by Crippen LogP contribution is -2.23. The van der Waals surface area contributed by atoms with Gasteiger partial charge in [-0.05, 0) is 24.3 Å². The minimum Gasteiger partial charge on any atom is -0.264 e. The molecule has 0 aliphatic heterocycles. The van der Waals surface area contributed by atoms with E-state index in [1.807, 2.05) is 17.5 Å². The van der Waals surface area contributed by atoms with E-state index in [-0.39, 0.29) is 11.4 Å². The normalized spacial score (nSPS) is 11.5. The molecular weight excluding hydrogens is 318 g/mol. The number of rotatable bonds is 5. The van der Waals surface area contributed by atoms with Crippen LogP contribution in [0.2, 0.25) is 0 Å². The zero-order valence-corrected chi connectivity index (χ0v) is 13.1. The van der Waals surface area contributed by atoms with E-state index in [0.29, 0.717) is 5.01 Å². The smallest absolute Gasteiger partial charge is 0.240 e. The van der Waals surface area contributed by atoms with E-state index >= 15 is 0 Å². The van der Waals surface area contributed by atoms with Crippen LogP contribution >= 0.6 is 11.3 Å². The van der Waals surface area contributed by atoms with Crippen LogP contribution in [0.1, 0.15) is 5.01 Å². The highest BCUT2D eigenvalue weighted by Crippen LogP contribution is 2.21. The Morgan fingerprint density at radius 3 is 2.64 bits per heavy atom. The molecular formula is C15H13N3O2S2. The van der Waals surface area contributed by atoms with E-state index < -0.39 is 10.0 Å². The summed E-state index contributed by atoms with van der Waals surface area (Å²) in [5, 5.41) is 2.60. The van der Waals surface area contributed by atoms with Gasteiger partial charge in [0.2, 0.25) is 10.0 Å². The van der Waals surface area contributed by atoms with Crippen LogP contribution in [0.4, 0.5) is 0 Å². The average Bonchev–Trinajstić information content (AvgIpc) is 3.04. The highest BCUT2D eigenvalue weighted by molar-refractivity contribution is 7.89. The van der Waals surface area contributed by atoms with Gasteiger partial charge in [-0.1, -0.05) is 18.2 Å². The van der Waals surface area contributed by atoms with Crippen molar-refractivity contribution in [2.24, 2.45) is 0 Å². The minimum atomic E-state index is -3.51. The lowest BCUT2D eigenvalue weighted by Gasteiger charge is -2.04. The summed E-state index contributed by atoms with van der Waals surface area (Å²) in [4.78, 5) is 8.73. The predicted molar refractivity (Wildman–Crippen MR) is 85.8 cm³/mol. The zero-order valence-electron chi connectivity index (χ0n) is 11.5. The second-order valence-corrected chi connectivity index (χ2v) is 7.22. The van der Waals surface area contributed by atoms with Crippen LogP contribution in [0, 0.1) is 0 Å². The van der Waals surface area contributed by atoms with Crippen molar-refractivity contribution in [2.75, 3.05) is 0 Å². The Morgan fingerprint density at radius 2 is 1.91 bits per heavy atom. The number of nitrogens with zero attached hydrogens (tertiary/aromatic N) is 2. The van der Waals surface area contributed by atoms with Crippen molar-refractivity contribution in [1.82, 2.24) is 14.7 Å². The summed E-state index contributed by atoms with van der Waals surface area (Å²) in [7, 11) is -3.51. The molecule has 5 nitrogen and oxygen atoms in total. The Kier molecular flexibility index (Phi) is 4.28. The van der Waals surface area contributed by atoms with Crippen LogP contribution < -0.4 is 4.72 Å². The van der Waals surface area contributed by atoms with Gasteiger partial charge in [0, 0.05) is 23.3 Å². The molecule has 0 amide bonds. The Hall–Kier alpha value is -2.09. The number of nitrogens with one attached hydrogen (secondary N) is 1. The number of aromatic nitrogens is 2. The van der Waals surface area contributed by atoms with Crippen molar-refractivity contribution < 1.29 is 8.42 Å². The van der Waals surface area contributed by atoms with Crippen molar-refractivity contribution in [3.63, 3.8) is 0 Å². The van der Waals surface area contributed by atoms with E-state index in [9.17, 15) is 8.42 Å². The first-order chi connectivity index (χ1) is 10.6. The van der Waals surface area contributed by atoms with Crippen molar-refractivity contribution in [3.8, 4) is 11.3 Å². The molecule has 0 saturated heterocycles. The standard InChI is InChI=1S/C15H13N3O2S2/c19-22(20,13-6-2-1-3-7-13)17-10-15-18-14(11-21-15)12-5-4-8-16-9-12/h1-9,11,17H,10H2. The Morgan fingerprint density at radius 1 is 1.09 bits per heavy atom. The van der Waals surface area contributed by atoms with Crippen molar-refractivity contribution in [2.45, 2.75) is 11.4 Å². The zero-order chi connectivity index (χ0) is 15.4. The van der Waals surface area contributed by atoms with Crippen LogP contribution in [0.5, 0.6) is 0 Å². The average molecular weight is 331 g/mol. The Labute approximate surface area is 132 Å². The summed E-state index contributed by atoms with van der Waals surface area (Å²) in [5.41, 5.74) is 1.71. The summed E-state index contributed by atoms with van der Waals surface area (Å²) >= 11 is 1.41. The number of sulfonamides is 1. The van der Waals surface area contributed by atoms with E-state index in [1.165, 1.54) is 11.3 Å². The fraction of sp³-hybridized carbons (Fsp3) is 0.0667. The highest BCUT2D eigenvalue weighted by atomic mass is 32.2. The van der Waals surface area contributed by atoms with Crippen LogP contribution in [0.3, 0.4) is 0 Å². The summed E-state index contributed by atoms with van der Waals surface area (Å²) in [6.45, 7) is 0.169. The molecule has 0 bridgehead atoms. The van der Waals surface area contributed by atoms with Crippen LogP contribution in [0.25, 0.3) is 11.3 Å². The molecule has 0 radical (unpaired) electrons. The maximum absolute atomic E-state index is 12.1. The molecule has 0 atom stereocenters. The molecule has 0 aliphatic carbocycles. The minimum absolute atomic E-state index is 0.169.